The van der Waals surface area contributed by atoms with Crippen molar-refractivity contribution in [2.75, 3.05) is 13.2 Å². The van der Waals surface area contributed by atoms with Crippen LogP contribution in [0, 0.1) is 0 Å². The van der Waals surface area contributed by atoms with Crippen molar-refractivity contribution in [3.63, 3.8) is 0 Å². The molecule has 0 aromatic heterocycles. The van der Waals surface area contributed by atoms with Crippen molar-refractivity contribution in [2.45, 2.75) is 12.5 Å². The molecule has 4 nitrogen and oxygen atoms in total. The van der Waals surface area contributed by atoms with Crippen LogP contribution >= 0.6 is 12.4 Å². The van der Waals surface area contributed by atoms with Crippen molar-refractivity contribution in [3.05, 3.63) is 0 Å². The number of hydrogen-bond acceptors (Lipinski definition) is 3. The first-order valence-electron chi connectivity index (χ1n) is 2.81. The first-order chi connectivity index (χ1) is 4.16. The molecular weight excluding hydrogens is 156 g/mol. The summed E-state index contributed by atoms with van der Waals surface area (Å²) in [7, 11) is 0. The van der Waals surface area contributed by atoms with E-state index in [1.807, 2.05) is 6.92 Å². The maximum absolute atomic E-state index is 10.4. The lowest BCUT2D eigenvalue weighted by atomic mass is 10.1. The fourth-order valence-electron chi connectivity index (χ4n) is 0.653. The van der Waals surface area contributed by atoms with Crippen LogP contribution in [0.3, 0.4) is 0 Å². The largest absolute Gasteiger partial charge is 0.447 e. The lowest BCUT2D eigenvalue weighted by Crippen LogP contribution is -2.46. The van der Waals surface area contributed by atoms with Crippen LogP contribution in [0.25, 0.3) is 0 Å². The minimum absolute atomic E-state index is 0. The predicted molar refractivity (Wildman–Crippen MR) is 39.2 cm³/mol. The number of alkyl carbamates (subject to hydrolysis) is 1. The third-order valence-corrected chi connectivity index (χ3v) is 1.38. The summed E-state index contributed by atoms with van der Waals surface area (Å²) >= 11 is 0. The fraction of sp³-hybridized carbons (Fsp3) is 0.800. The molecule has 60 valence electrons. The van der Waals surface area contributed by atoms with E-state index in [0.717, 1.165) is 0 Å². The van der Waals surface area contributed by atoms with Gasteiger partial charge < -0.3 is 15.8 Å². The van der Waals surface area contributed by atoms with E-state index in [4.69, 9.17) is 5.73 Å². The van der Waals surface area contributed by atoms with Crippen LogP contribution in [0.15, 0.2) is 0 Å². The molecule has 0 aliphatic carbocycles. The van der Waals surface area contributed by atoms with Crippen molar-refractivity contribution in [1.29, 1.82) is 0 Å². The highest BCUT2D eigenvalue weighted by Gasteiger charge is 2.32. The Morgan fingerprint density at radius 2 is 2.50 bits per heavy atom. The van der Waals surface area contributed by atoms with E-state index in [2.05, 4.69) is 10.1 Å². The molecule has 1 amide bonds. The van der Waals surface area contributed by atoms with Gasteiger partial charge in [0.1, 0.15) is 6.61 Å². The Bertz CT molecular complexity index is 142. The third kappa shape index (κ3) is 1.75. The average Bonchev–Trinajstić information content (AvgIpc) is 2.13. The van der Waals surface area contributed by atoms with Crippen molar-refractivity contribution >= 4 is 18.5 Å². The van der Waals surface area contributed by atoms with Crippen molar-refractivity contribution in [2.24, 2.45) is 5.73 Å². The number of halogens is 1. The minimum atomic E-state index is -0.372. The Morgan fingerprint density at radius 3 is 2.70 bits per heavy atom. The molecule has 0 aromatic rings. The molecule has 0 bridgehead atoms. The number of hydrogen-bond donors (Lipinski definition) is 2. The summed E-state index contributed by atoms with van der Waals surface area (Å²) in [5.74, 6) is 0. The summed E-state index contributed by atoms with van der Waals surface area (Å²) in [4.78, 5) is 10.4. The van der Waals surface area contributed by atoms with Crippen LogP contribution in [-0.2, 0) is 4.74 Å². The van der Waals surface area contributed by atoms with E-state index in [1.54, 1.807) is 0 Å². The summed E-state index contributed by atoms with van der Waals surface area (Å²) in [5.41, 5.74) is 5.00. The first kappa shape index (κ1) is 9.52. The minimum Gasteiger partial charge on any atom is -0.447 e. The van der Waals surface area contributed by atoms with Crippen molar-refractivity contribution in [3.8, 4) is 0 Å². The molecular formula is C5H11ClN2O2. The van der Waals surface area contributed by atoms with Gasteiger partial charge in [0, 0.05) is 6.54 Å². The van der Waals surface area contributed by atoms with E-state index >= 15 is 0 Å². The lowest BCUT2D eigenvalue weighted by molar-refractivity contribution is 0.173. The van der Waals surface area contributed by atoms with Gasteiger partial charge in [-0.25, -0.2) is 4.79 Å². The number of rotatable bonds is 1. The SMILES string of the molecule is CC1(CN)COC(=O)N1.Cl. The molecule has 10 heavy (non-hydrogen) atoms. The number of cyclic esters (lactones) is 1. The second kappa shape index (κ2) is 3.07. The third-order valence-electron chi connectivity index (χ3n) is 1.38. The maximum Gasteiger partial charge on any atom is 0.407 e. The summed E-state index contributed by atoms with van der Waals surface area (Å²) in [5, 5.41) is 2.59. The van der Waals surface area contributed by atoms with Crippen LogP contribution in [0.1, 0.15) is 6.92 Å². The smallest absolute Gasteiger partial charge is 0.407 e. The molecule has 1 aliphatic heterocycles. The van der Waals surface area contributed by atoms with Gasteiger partial charge in [0.25, 0.3) is 0 Å². The molecule has 1 heterocycles. The van der Waals surface area contributed by atoms with Gasteiger partial charge in [-0.1, -0.05) is 0 Å². The fourth-order valence-corrected chi connectivity index (χ4v) is 0.653. The van der Waals surface area contributed by atoms with Gasteiger partial charge in [-0.15, -0.1) is 12.4 Å². The highest BCUT2D eigenvalue weighted by molar-refractivity contribution is 5.85. The summed E-state index contributed by atoms with van der Waals surface area (Å²) in [6.45, 7) is 2.64. The molecule has 1 unspecified atom stereocenters. The molecule has 3 N–H and O–H groups in total. The monoisotopic (exact) mass is 166 g/mol. The maximum atomic E-state index is 10.4. The number of nitrogens with two attached hydrogens (primary N) is 1. The van der Waals surface area contributed by atoms with E-state index < -0.39 is 0 Å². The molecule has 0 saturated carbocycles. The predicted octanol–water partition coefficient (Wildman–Crippen LogP) is -0.135. The number of amides is 1. The summed E-state index contributed by atoms with van der Waals surface area (Å²) < 4.78 is 4.63. The van der Waals surface area contributed by atoms with Crippen LogP contribution in [-0.4, -0.2) is 24.8 Å². The number of carbonyl (C=O) groups is 1. The molecule has 0 radical (unpaired) electrons. The summed E-state index contributed by atoms with van der Waals surface area (Å²) in [6, 6.07) is 0. The highest BCUT2D eigenvalue weighted by atomic mass is 35.5. The average molecular weight is 167 g/mol. The molecule has 1 aliphatic rings. The number of nitrogens with one attached hydrogen (secondary N) is 1. The van der Waals surface area contributed by atoms with E-state index in [1.165, 1.54) is 0 Å². The molecule has 1 rings (SSSR count). The molecule has 5 heteroatoms. The van der Waals surface area contributed by atoms with Gasteiger partial charge >= 0.3 is 6.09 Å². The quantitative estimate of drug-likeness (QED) is 0.570. The molecule has 0 spiro atoms. The van der Waals surface area contributed by atoms with Gasteiger partial charge in [-0.05, 0) is 6.92 Å². The Hall–Kier alpha value is -0.480. The molecule has 1 atom stereocenters. The van der Waals surface area contributed by atoms with Gasteiger partial charge in [-0.3, -0.25) is 0 Å². The van der Waals surface area contributed by atoms with Crippen molar-refractivity contribution < 1.29 is 9.53 Å². The molecule has 1 fully saturated rings. The molecule has 1 saturated heterocycles. The lowest BCUT2D eigenvalue weighted by Gasteiger charge is -2.16. The second-order valence-electron chi connectivity index (χ2n) is 2.47. The highest BCUT2D eigenvalue weighted by Crippen LogP contribution is 2.08. The zero-order valence-corrected chi connectivity index (χ0v) is 6.53. The number of ether oxygens (including phenoxy) is 1. The van der Waals surface area contributed by atoms with Gasteiger partial charge in [0.15, 0.2) is 0 Å². The van der Waals surface area contributed by atoms with Crippen LogP contribution in [0.5, 0.6) is 0 Å². The molecule has 0 aromatic carbocycles. The topological polar surface area (TPSA) is 64.3 Å². The van der Waals surface area contributed by atoms with Crippen LogP contribution < -0.4 is 11.1 Å². The van der Waals surface area contributed by atoms with Gasteiger partial charge in [-0.2, -0.15) is 0 Å². The Morgan fingerprint density at radius 1 is 1.90 bits per heavy atom. The van der Waals surface area contributed by atoms with E-state index in [0.29, 0.717) is 13.2 Å². The van der Waals surface area contributed by atoms with Crippen LogP contribution in [0.2, 0.25) is 0 Å². The zero-order valence-electron chi connectivity index (χ0n) is 5.72. The van der Waals surface area contributed by atoms with Crippen LogP contribution in [0.4, 0.5) is 4.79 Å². The second-order valence-corrected chi connectivity index (χ2v) is 2.47. The van der Waals surface area contributed by atoms with E-state index in [-0.39, 0.29) is 24.0 Å². The van der Waals surface area contributed by atoms with Gasteiger partial charge in [0.2, 0.25) is 0 Å². The first-order valence-corrected chi connectivity index (χ1v) is 2.81. The Balaban J connectivity index is 0.000000810. The Labute approximate surface area is 65.5 Å². The number of carbonyl (C=O) groups excluding carboxylic acids is 1. The van der Waals surface area contributed by atoms with Gasteiger partial charge in [0.05, 0.1) is 5.54 Å². The standard InChI is InChI=1S/C5H10N2O2.ClH/c1-5(2-6)3-9-4(8)7-5;/h2-3,6H2,1H3,(H,7,8);1H. The summed E-state index contributed by atoms with van der Waals surface area (Å²) in [6.07, 6.45) is -0.372. The van der Waals surface area contributed by atoms with E-state index in [9.17, 15) is 4.79 Å². The van der Waals surface area contributed by atoms with Crippen molar-refractivity contribution in [1.82, 2.24) is 5.32 Å². The zero-order chi connectivity index (χ0) is 6.91. The normalized spacial score (nSPS) is 30.4. The Kier molecular flexibility index (Phi) is 2.93.